The van der Waals surface area contributed by atoms with E-state index in [0.29, 0.717) is 15.2 Å². The van der Waals surface area contributed by atoms with E-state index in [1.54, 1.807) is 6.92 Å². The van der Waals surface area contributed by atoms with Crippen LogP contribution in [0.4, 0.5) is 0 Å². The zero-order valence-corrected chi connectivity index (χ0v) is 9.75. The van der Waals surface area contributed by atoms with Gasteiger partial charge in [0.1, 0.15) is 10.9 Å². The Morgan fingerprint density at radius 3 is 2.81 bits per heavy atom. The van der Waals surface area contributed by atoms with Crippen molar-refractivity contribution in [3.05, 3.63) is 23.9 Å². The monoisotopic (exact) mass is 254 g/mol. The fourth-order valence-electron chi connectivity index (χ4n) is 0.949. The minimum atomic E-state index is -1.10. The summed E-state index contributed by atoms with van der Waals surface area (Å²) in [5, 5.41) is 9.23. The number of aromatic carboxylic acids is 1. The van der Waals surface area contributed by atoms with Crippen LogP contribution in [0.1, 0.15) is 16.3 Å². The molecule has 2 rings (SSSR count). The van der Waals surface area contributed by atoms with Crippen LogP contribution in [-0.2, 0) is 0 Å². The average Bonchev–Trinajstić information content (AvgIpc) is 2.64. The van der Waals surface area contributed by atoms with Gasteiger partial charge < -0.3 is 5.11 Å². The van der Waals surface area contributed by atoms with Crippen LogP contribution in [0.15, 0.2) is 21.8 Å². The SMILES string of the molecule is Cc1nsc(Sc2nccnc2C(=O)O)n1. The largest absolute Gasteiger partial charge is 0.476 e. The van der Waals surface area contributed by atoms with Gasteiger partial charge in [0.15, 0.2) is 10.0 Å². The predicted molar refractivity (Wildman–Crippen MR) is 57.8 cm³/mol. The Balaban J connectivity index is 2.31. The van der Waals surface area contributed by atoms with Gasteiger partial charge in [-0.25, -0.2) is 19.7 Å². The lowest BCUT2D eigenvalue weighted by atomic mass is 10.5. The molecule has 1 N–H and O–H groups in total. The highest BCUT2D eigenvalue weighted by atomic mass is 32.2. The maximum atomic E-state index is 10.9. The van der Waals surface area contributed by atoms with E-state index in [-0.39, 0.29) is 5.69 Å². The molecule has 2 heterocycles. The van der Waals surface area contributed by atoms with Crippen LogP contribution >= 0.6 is 23.3 Å². The van der Waals surface area contributed by atoms with Gasteiger partial charge in [0.05, 0.1) is 0 Å². The molecule has 2 aromatic heterocycles. The van der Waals surface area contributed by atoms with Crippen LogP contribution in [-0.4, -0.2) is 30.4 Å². The Hall–Kier alpha value is -1.54. The highest BCUT2D eigenvalue weighted by molar-refractivity contribution is 8.00. The standard InChI is InChI=1S/C8H6N4O2S2/c1-4-11-8(16-12-4)15-6-5(7(13)14)9-2-3-10-6/h2-3H,1H3,(H,13,14). The second-order valence-electron chi connectivity index (χ2n) is 2.72. The second kappa shape index (κ2) is 4.54. The maximum Gasteiger partial charge on any atom is 0.357 e. The Morgan fingerprint density at radius 1 is 1.44 bits per heavy atom. The molecule has 0 spiro atoms. The number of aryl methyl sites for hydroxylation is 1. The van der Waals surface area contributed by atoms with Crippen molar-refractivity contribution >= 4 is 29.3 Å². The van der Waals surface area contributed by atoms with E-state index < -0.39 is 5.97 Å². The Kier molecular flexibility index (Phi) is 3.11. The first-order valence-electron chi connectivity index (χ1n) is 4.19. The zero-order chi connectivity index (χ0) is 11.5. The summed E-state index contributed by atoms with van der Waals surface area (Å²) in [5.41, 5.74) is -0.0691. The normalized spacial score (nSPS) is 10.3. The van der Waals surface area contributed by atoms with Crippen molar-refractivity contribution < 1.29 is 9.90 Å². The van der Waals surface area contributed by atoms with E-state index in [2.05, 4.69) is 19.3 Å². The first-order chi connectivity index (χ1) is 7.66. The summed E-state index contributed by atoms with van der Waals surface area (Å²) < 4.78 is 4.65. The van der Waals surface area contributed by atoms with Crippen molar-refractivity contribution in [1.29, 1.82) is 0 Å². The fraction of sp³-hybridized carbons (Fsp3) is 0.125. The quantitative estimate of drug-likeness (QED) is 0.887. The number of aromatic nitrogens is 4. The molecule has 0 aliphatic rings. The van der Waals surface area contributed by atoms with E-state index in [4.69, 9.17) is 5.11 Å². The molecule has 2 aromatic rings. The summed E-state index contributed by atoms with van der Waals surface area (Å²) >= 11 is 2.36. The van der Waals surface area contributed by atoms with Gasteiger partial charge in [0.2, 0.25) is 0 Å². The topological polar surface area (TPSA) is 88.9 Å². The number of hydrogen-bond acceptors (Lipinski definition) is 7. The Labute approximate surface area is 99.0 Å². The fourth-order valence-corrected chi connectivity index (χ4v) is 2.56. The van der Waals surface area contributed by atoms with E-state index >= 15 is 0 Å². The molecule has 0 unspecified atom stereocenters. The minimum Gasteiger partial charge on any atom is -0.476 e. The molecular weight excluding hydrogens is 248 g/mol. The molecule has 0 aromatic carbocycles. The maximum absolute atomic E-state index is 10.9. The van der Waals surface area contributed by atoms with Crippen molar-refractivity contribution in [2.75, 3.05) is 0 Å². The van der Waals surface area contributed by atoms with Gasteiger partial charge in [-0.3, -0.25) is 0 Å². The number of hydrogen-bond donors (Lipinski definition) is 1. The summed E-state index contributed by atoms with van der Waals surface area (Å²) in [6.07, 6.45) is 2.79. The van der Waals surface area contributed by atoms with Gasteiger partial charge >= 0.3 is 5.97 Å². The van der Waals surface area contributed by atoms with Gasteiger partial charge in [0.25, 0.3) is 0 Å². The van der Waals surface area contributed by atoms with E-state index in [1.807, 2.05) is 0 Å². The van der Waals surface area contributed by atoms with E-state index in [0.717, 1.165) is 11.8 Å². The molecule has 0 atom stereocenters. The Morgan fingerprint density at radius 2 is 2.19 bits per heavy atom. The molecule has 0 saturated heterocycles. The second-order valence-corrected chi connectivity index (χ2v) is 4.71. The van der Waals surface area contributed by atoms with Gasteiger partial charge in [-0.1, -0.05) is 0 Å². The molecule has 82 valence electrons. The molecule has 6 nitrogen and oxygen atoms in total. The summed E-state index contributed by atoms with van der Waals surface area (Å²) in [7, 11) is 0. The third kappa shape index (κ3) is 2.34. The minimum absolute atomic E-state index is 0.0691. The molecule has 0 saturated carbocycles. The molecule has 0 fully saturated rings. The third-order valence-corrected chi connectivity index (χ3v) is 3.39. The lowest BCUT2D eigenvalue weighted by Gasteiger charge is -1.99. The number of carboxylic acid groups (broad SMARTS) is 1. The molecule has 0 bridgehead atoms. The number of rotatable bonds is 3. The van der Waals surface area contributed by atoms with Crippen LogP contribution in [0, 0.1) is 6.92 Å². The van der Waals surface area contributed by atoms with Crippen LogP contribution in [0.2, 0.25) is 0 Å². The summed E-state index contributed by atoms with van der Waals surface area (Å²) in [4.78, 5) is 22.7. The van der Waals surface area contributed by atoms with Gasteiger partial charge in [0, 0.05) is 12.4 Å². The van der Waals surface area contributed by atoms with Crippen molar-refractivity contribution in [3.8, 4) is 0 Å². The van der Waals surface area contributed by atoms with E-state index in [1.165, 1.54) is 23.9 Å². The highest BCUT2D eigenvalue weighted by Gasteiger charge is 2.15. The Bertz CT molecular complexity index is 528. The smallest absolute Gasteiger partial charge is 0.357 e. The van der Waals surface area contributed by atoms with Crippen molar-refractivity contribution in [2.45, 2.75) is 16.3 Å². The summed E-state index contributed by atoms with van der Waals surface area (Å²) in [6, 6.07) is 0. The van der Waals surface area contributed by atoms with Crippen molar-refractivity contribution in [1.82, 2.24) is 19.3 Å². The van der Waals surface area contributed by atoms with Crippen LogP contribution in [0.25, 0.3) is 0 Å². The first-order valence-corrected chi connectivity index (χ1v) is 5.78. The third-order valence-electron chi connectivity index (χ3n) is 1.56. The lowest BCUT2D eigenvalue weighted by Crippen LogP contribution is -2.03. The lowest BCUT2D eigenvalue weighted by molar-refractivity contribution is 0.0685. The molecular formula is C8H6N4O2S2. The number of nitrogens with zero attached hydrogens (tertiary/aromatic N) is 4. The first kappa shape index (κ1) is 11.0. The average molecular weight is 254 g/mol. The summed E-state index contributed by atoms with van der Waals surface area (Å²) in [6.45, 7) is 1.77. The zero-order valence-electron chi connectivity index (χ0n) is 8.12. The van der Waals surface area contributed by atoms with Crippen LogP contribution in [0.5, 0.6) is 0 Å². The van der Waals surface area contributed by atoms with Gasteiger partial charge in [-0.2, -0.15) is 4.37 Å². The highest BCUT2D eigenvalue weighted by Crippen LogP contribution is 2.28. The van der Waals surface area contributed by atoms with Gasteiger partial charge in [-0.15, -0.1) is 0 Å². The summed E-state index contributed by atoms with van der Waals surface area (Å²) in [5.74, 6) is -0.440. The van der Waals surface area contributed by atoms with Crippen molar-refractivity contribution in [3.63, 3.8) is 0 Å². The molecule has 8 heteroatoms. The van der Waals surface area contributed by atoms with Crippen LogP contribution < -0.4 is 0 Å². The van der Waals surface area contributed by atoms with Gasteiger partial charge in [-0.05, 0) is 30.2 Å². The molecule has 16 heavy (non-hydrogen) atoms. The molecule has 0 amide bonds. The van der Waals surface area contributed by atoms with Crippen LogP contribution in [0.3, 0.4) is 0 Å². The van der Waals surface area contributed by atoms with E-state index in [9.17, 15) is 4.79 Å². The van der Waals surface area contributed by atoms with Crippen molar-refractivity contribution in [2.24, 2.45) is 0 Å². The molecule has 0 aliphatic heterocycles. The molecule has 0 aliphatic carbocycles. The predicted octanol–water partition coefficient (Wildman–Crippen LogP) is 1.49. The molecule has 0 radical (unpaired) electrons. The number of carbonyl (C=O) groups is 1. The number of carboxylic acids is 1.